The zero-order chi connectivity index (χ0) is 28.1. The Hall–Kier alpha value is -2.73. The molecule has 3 atom stereocenters. The molecule has 0 aliphatic rings. The van der Waals surface area contributed by atoms with Gasteiger partial charge in [-0.2, -0.15) is 4.31 Å². The predicted molar refractivity (Wildman–Crippen MR) is 147 cm³/mol. The van der Waals surface area contributed by atoms with Gasteiger partial charge in [0.05, 0.1) is 29.1 Å². The molecule has 9 nitrogen and oxygen atoms in total. The molecule has 1 unspecified atom stereocenters. The Balaban J connectivity index is 1.88. The minimum Gasteiger partial charge on any atom is -0.464 e. The highest BCUT2D eigenvalue weighted by atomic mass is 32.2. The van der Waals surface area contributed by atoms with Crippen LogP contribution in [0, 0.1) is 11.8 Å². The number of aliphatic hydroxyl groups excluding tert-OH is 1. The molecule has 1 amide bonds. The quantitative estimate of drug-likeness (QED) is 0.326. The molecule has 0 saturated heterocycles. The van der Waals surface area contributed by atoms with Crippen LogP contribution >= 0.6 is 0 Å². The average molecular weight is 565 g/mol. The summed E-state index contributed by atoms with van der Waals surface area (Å²) in [5.41, 5.74) is 1.39. The van der Waals surface area contributed by atoms with Crippen molar-refractivity contribution in [2.24, 2.45) is 11.8 Å². The van der Waals surface area contributed by atoms with Crippen molar-refractivity contribution >= 4 is 36.7 Å². The summed E-state index contributed by atoms with van der Waals surface area (Å²) >= 11 is 0. The lowest BCUT2D eigenvalue weighted by Crippen LogP contribution is -2.52. The predicted octanol–water partition coefficient (Wildman–Crippen LogP) is 2.85. The normalized spacial score (nSPS) is 15.0. The van der Waals surface area contributed by atoms with Gasteiger partial charge in [-0.3, -0.25) is 4.79 Å². The second-order valence-corrected chi connectivity index (χ2v) is 14.3. The Morgan fingerprint density at radius 2 is 1.68 bits per heavy atom. The highest BCUT2D eigenvalue weighted by Gasteiger charge is 2.32. The molecule has 0 spiro atoms. The van der Waals surface area contributed by atoms with Crippen LogP contribution in [0.2, 0.25) is 0 Å². The van der Waals surface area contributed by atoms with E-state index in [9.17, 15) is 26.7 Å². The van der Waals surface area contributed by atoms with Crippen LogP contribution in [0.25, 0.3) is 11.0 Å². The zero-order valence-electron chi connectivity index (χ0n) is 22.1. The largest absolute Gasteiger partial charge is 0.464 e. The standard InChI is InChI=1S/C27H36N2O7S2/c1-19(2)16-29(38(34,35)23-10-11-26-22(15-23)12-13-36-26)17-25(30)24(14-21-8-6-5-7-9-21)28-27(31)20(3)18-37(4,32)33/h5-13,15,19-20,24-25,30H,14,16-18H2,1-4H3,(H,28,31)/t20-,24?,25-/m1/s1. The number of fused-ring (bicyclic) bond motifs is 1. The van der Waals surface area contributed by atoms with E-state index in [2.05, 4.69) is 5.32 Å². The molecule has 0 saturated carbocycles. The number of carbonyl (C=O) groups is 1. The summed E-state index contributed by atoms with van der Waals surface area (Å²) in [6.07, 6.45) is 1.51. The zero-order valence-corrected chi connectivity index (χ0v) is 23.7. The summed E-state index contributed by atoms with van der Waals surface area (Å²) in [6.45, 7) is 5.15. The van der Waals surface area contributed by atoms with Crippen molar-refractivity contribution in [2.45, 2.75) is 44.2 Å². The molecule has 1 heterocycles. The van der Waals surface area contributed by atoms with E-state index < -0.39 is 43.8 Å². The monoisotopic (exact) mass is 564 g/mol. The minimum atomic E-state index is -4.00. The summed E-state index contributed by atoms with van der Waals surface area (Å²) < 4.78 is 57.3. The molecule has 0 radical (unpaired) electrons. The van der Waals surface area contributed by atoms with Crippen LogP contribution in [0.1, 0.15) is 26.3 Å². The van der Waals surface area contributed by atoms with Crippen LogP contribution in [-0.4, -0.2) is 69.4 Å². The molecule has 11 heteroatoms. The SMILES string of the molecule is CC(C)CN(C[C@@H](O)C(Cc1ccccc1)NC(=O)[C@H](C)CS(C)(=O)=O)S(=O)(=O)c1ccc2occc2c1. The molecule has 0 aliphatic heterocycles. The third kappa shape index (κ3) is 8.13. The summed E-state index contributed by atoms with van der Waals surface area (Å²) in [5, 5.41) is 14.7. The molecule has 2 N–H and O–H groups in total. The third-order valence-electron chi connectivity index (χ3n) is 6.11. The number of hydrogen-bond acceptors (Lipinski definition) is 7. The van der Waals surface area contributed by atoms with E-state index in [1.807, 2.05) is 44.2 Å². The molecule has 208 valence electrons. The van der Waals surface area contributed by atoms with Crippen molar-refractivity contribution in [1.82, 2.24) is 9.62 Å². The molecule has 0 bridgehead atoms. The number of benzene rings is 2. The van der Waals surface area contributed by atoms with Gasteiger partial charge in [-0.15, -0.1) is 0 Å². The Bertz CT molecular complexity index is 1430. The Morgan fingerprint density at radius 1 is 1.00 bits per heavy atom. The second kappa shape index (κ2) is 12.4. The van der Waals surface area contributed by atoms with Gasteiger partial charge in [0, 0.05) is 30.6 Å². The van der Waals surface area contributed by atoms with Crippen molar-refractivity contribution < 1.29 is 31.2 Å². The molecule has 1 aromatic heterocycles. The summed E-state index contributed by atoms with van der Waals surface area (Å²) in [6, 6.07) is 14.6. The van der Waals surface area contributed by atoms with Crippen LogP contribution in [0.5, 0.6) is 0 Å². The lowest BCUT2D eigenvalue weighted by Gasteiger charge is -2.31. The van der Waals surface area contributed by atoms with Gasteiger partial charge >= 0.3 is 0 Å². The third-order valence-corrected chi connectivity index (χ3v) is 9.05. The number of hydrogen-bond donors (Lipinski definition) is 2. The first-order valence-corrected chi connectivity index (χ1v) is 15.9. The van der Waals surface area contributed by atoms with E-state index in [1.54, 1.807) is 12.1 Å². The van der Waals surface area contributed by atoms with Gasteiger partial charge in [-0.25, -0.2) is 16.8 Å². The van der Waals surface area contributed by atoms with Gasteiger partial charge in [-0.1, -0.05) is 51.1 Å². The molecular weight excluding hydrogens is 528 g/mol. The number of nitrogens with one attached hydrogen (secondary N) is 1. The van der Waals surface area contributed by atoms with E-state index in [4.69, 9.17) is 4.42 Å². The number of aliphatic hydroxyl groups is 1. The summed E-state index contributed by atoms with van der Waals surface area (Å²) in [7, 11) is -7.39. The maximum atomic E-state index is 13.7. The number of carbonyl (C=O) groups excluding carboxylic acids is 1. The fourth-order valence-corrected chi connectivity index (χ4v) is 6.99. The van der Waals surface area contributed by atoms with Gasteiger partial charge in [-0.05, 0) is 42.2 Å². The van der Waals surface area contributed by atoms with E-state index in [0.717, 1.165) is 11.8 Å². The lowest BCUT2D eigenvalue weighted by atomic mass is 10.00. The fourth-order valence-electron chi connectivity index (χ4n) is 4.27. The van der Waals surface area contributed by atoms with Crippen molar-refractivity contribution in [3.05, 3.63) is 66.4 Å². The Morgan fingerprint density at radius 3 is 2.32 bits per heavy atom. The topological polar surface area (TPSA) is 134 Å². The van der Waals surface area contributed by atoms with Gasteiger partial charge in [0.1, 0.15) is 15.4 Å². The highest BCUT2D eigenvalue weighted by Crippen LogP contribution is 2.24. The van der Waals surface area contributed by atoms with Gasteiger partial charge in [0.2, 0.25) is 15.9 Å². The lowest BCUT2D eigenvalue weighted by molar-refractivity contribution is -0.125. The van der Waals surface area contributed by atoms with Gasteiger partial charge in [0.25, 0.3) is 0 Å². The minimum absolute atomic E-state index is 0.0356. The van der Waals surface area contributed by atoms with E-state index in [0.29, 0.717) is 11.0 Å². The summed E-state index contributed by atoms with van der Waals surface area (Å²) in [5.74, 6) is -1.74. The highest BCUT2D eigenvalue weighted by molar-refractivity contribution is 7.90. The Kier molecular flexibility index (Phi) is 9.74. The summed E-state index contributed by atoms with van der Waals surface area (Å²) in [4.78, 5) is 13.0. The van der Waals surface area contributed by atoms with Crippen molar-refractivity contribution in [1.29, 1.82) is 0 Å². The first kappa shape index (κ1) is 29.8. The number of amides is 1. The second-order valence-electron chi connectivity index (χ2n) is 10.2. The fraction of sp³-hybridized carbons (Fsp3) is 0.444. The van der Waals surface area contributed by atoms with Crippen LogP contribution in [0.15, 0.2) is 70.2 Å². The Labute approximate surface area is 224 Å². The smallest absolute Gasteiger partial charge is 0.243 e. The maximum Gasteiger partial charge on any atom is 0.243 e. The van der Waals surface area contributed by atoms with E-state index in [1.165, 1.54) is 29.6 Å². The molecule has 3 rings (SSSR count). The van der Waals surface area contributed by atoms with Gasteiger partial charge in [0.15, 0.2) is 0 Å². The van der Waals surface area contributed by atoms with Crippen LogP contribution in [0.4, 0.5) is 0 Å². The maximum absolute atomic E-state index is 13.7. The van der Waals surface area contributed by atoms with Crippen molar-refractivity contribution in [3.63, 3.8) is 0 Å². The van der Waals surface area contributed by atoms with Crippen LogP contribution < -0.4 is 5.32 Å². The van der Waals surface area contributed by atoms with Crippen LogP contribution in [-0.2, 0) is 31.1 Å². The van der Waals surface area contributed by atoms with E-state index in [-0.39, 0.29) is 36.1 Å². The number of sulfonamides is 1. The molecule has 0 aliphatic carbocycles. The molecule has 38 heavy (non-hydrogen) atoms. The average Bonchev–Trinajstić information content (AvgIpc) is 3.30. The first-order valence-electron chi connectivity index (χ1n) is 12.4. The van der Waals surface area contributed by atoms with Crippen molar-refractivity contribution in [3.8, 4) is 0 Å². The first-order chi connectivity index (χ1) is 17.8. The number of nitrogens with zero attached hydrogens (tertiary/aromatic N) is 1. The molecule has 2 aromatic carbocycles. The molecule has 3 aromatic rings. The molecular formula is C27H36N2O7S2. The van der Waals surface area contributed by atoms with E-state index >= 15 is 0 Å². The number of rotatable bonds is 13. The van der Waals surface area contributed by atoms with Gasteiger partial charge < -0.3 is 14.8 Å². The van der Waals surface area contributed by atoms with Crippen LogP contribution in [0.3, 0.4) is 0 Å². The van der Waals surface area contributed by atoms with Crippen molar-refractivity contribution in [2.75, 3.05) is 25.1 Å². The number of furan rings is 1. The molecule has 0 fully saturated rings. The number of sulfone groups is 1.